The Kier molecular flexibility index (Phi) is 5.27. The Morgan fingerprint density at radius 3 is 2.46 bits per heavy atom. The molecule has 2 aromatic rings. The van der Waals surface area contributed by atoms with E-state index in [0.717, 1.165) is 24.2 Å². The molecule has 1 saturated heterocycles. The number of hydrogen-bond donors (Lipinski definition) is 1. The fourth-order valence-electron chi connectivity index (χ4n) is 3.83. The van der Waals surface area contributed by atoms with Gasteiger partial charge in [0.15, 0.2) is 0 Å². The van der Waals surface area contributed by atoms with Crippen LogP contribution in [0.5, 0.6) is 5.75 Å². The Hall–Kier alpha value is -2.53. The minimum Gasteiger partial charge on any atom is -0.496 e. The van der Waals surface area contributed by atoms with E-state index in [1.807, 2.05) is 24.3 Å². The second-order valence-electron chi connectivity index (χ2n) is 7.45. The Bertz CT molecular complexity index is 880. The highest BCUT2D eigenvalue weighted by atomic mass is 35.5. The van der Waals surface area contributed by atoms with Gasteiger partial charge in [0, 0.05) is 35.6 Å². The molecule has 0 aromatic heterocycles. The molecule has 6 heteroatoms. The standard InChI is InChI=1S/C22H23ClN2O3/c1-28-20-5-3-2-4-17(20)18-12-25(13-19(18)21(26)24-16-10-11-16)22(27)14-6-8-15(23)9-7-14/h2-9,16,18-19H,10-13H2,1H3,(H,24,26)/t18-,19+/m1/s1. The minimum absolute atomic E-state index is 0.0183. The monoisotopic (exact) mass is 398 g/mol. The summed E-state index contributed by atoms with van der Waals surface area (Å²) in [6.07, 6.45) is 2.07. The van der Waals surface area contributed by atoms with Crippen molar-refractivity contribution < 1.29 is 14.3 Å². The fourth-order valence-corrected chi connectivity index (χ4v) is 3.96. The summed E-state index contributed by atoms with van der Waals surface area (Å²) >= 11 is 5.94. The Morgan fingerprint density at radius 1 is 1.07 bits per heavy atom. The summed E-state index contributed by atoms with van der Waals surface area (Å²) in [5, 5.41) is 3.69. The number of amides is 2. The van der Waals surface area contributed by atoms with Crippen LogP contribution in [0.25, 0.3) is 0 Å². The van der Waals surface area contributed by atoms with Crippen molar-refractivity contribution in [3.63, 3.8) is 0 Å². The summed E-state index contributed by atoms with van der Waals surface area (Å²) < 4.78 is 5.52. The van der Waals surface area contributed by atoms with E-state index in [-0.39, 0.29) is 29.7 Å². The molecule has 5 nitrogen and oxygen atoms in total. The second-order valence-corrected chi connectivity index (χ2v) is 7.89. The molecule has 1 aliphatic carbocycles. The first-order valence-corrected chi connectivity index (χ1v) is 9.92. The van der Waals surface area contributed by atoms with Crippen molar-refractivity contribution in [2.75, 3.05) is 20.2 Å². The van der Waals surface area contributed by atoms with Gasteiger partial charge in [-0.1, -0.05) is 29.8 Å². The van der Waals surface area contributed by atoms with Crippen molar-refractivity contribution >= 4 is 23.4 Å². The van der Waals surface area contributed by atoms with Crippen molar-refractivity contribution in [1.82, 2.24) is 10.2 Å². The molecule has 1 N–H and O–H groups in total. The maximum Gasteiger partial charge on any atom is 0.253 e. The molecule has 1 heterocycles. The molecular formula is C22H23ClN2O3. The molecular weight excluding hydrogens is 376 g/mol. The number of halogens is 1. The van der Waals surface area contributed by atoms with Crippen LogP contribution in [0.1, 0.15) is 34.7 Å². The van der Waals surface area contributed by atoms with E-state index in [1.54, 1.807) is 36.3 Å². The predicted molar refractivity (Wildman–Crippen MR) is 108 cm³/mol. The van der Waals surface area contributed by atoms with E-state index in [9.17, 15) is 9.59 Å². The molecule has 1 saturated carbocycles. The highest BCUT2D eigenvalue weighted by Gasteiger charge is 2.42. The molecule has 146 valence electrons. The molecule has 1 aliphatic heterocycles. The number of likely N-dealkylation sites (tertiary alicyclic amines) is 1. The zero-order valence-electron chi connectivity index (χ0n) is 15.7. The lowest BCUT2D eigenvalue weighted by atomic mass is 9.87. The van der Waals surface area contributed by atoms with E-state index >= 15 is 0 Å². The lowest BCUT2D eigenvalue weighted by molar-refractivity contribution is -0.125. The van der Waals surface area contributed by atoms with Crippen molar-refractivity contribution in [2.24, 2.45) is 5.92 Å². The summed E-state index contributed by atoms with van der Waals surface area (Å²) in [7, 11) is 1.63. The van der Waals surface area contributed by atoms with E-state index in [1.165, 1.54) is 0 Å². The first-order chi connectivity index (χ1) is 13.6. The van der Waals surface area contributed by atoms with Gasteiger partial charge in [-0.3, -0.25) is 9.59 Å². The number of methoxy groups -OCH3 is 1. The van der Waals surface area contributed by atoms with Gasteiger partial charge in [-0.2, -0.15) is 0 Å². The number of carbonyl (C=O) groups is 2. The highest BCUT2D eigenvalue weighted by molar-refractivity contribution is 6.30. The summed E-state index contributed by atoms with van der Waals surface area (Å²) in [6, 6.07) is 14.9. The van der Waals surface area contributed by atoms with Gasteiger partial charge in [0.2, 0.25) is 5.91 Å². The van der Waals surface area contributed by atoms with Gasteiger partial charge in [0.1, 0.15) is 5.75 Å². The molecule has 0 spiro atoms. The molecule has 2 atom stereocenters. The zero-order chi connectivity index (χ0) is 19.7. The van der Waals surface area contributed by atoms with Crippen LogP contribution in [0.4, 0.5) is 0 Å². The molecule has 2 amide bonds. The van der Waals surface area contributed by atoms with Crippen molar-refractivity contribution in [3.8, 4) is 5.75 Å². The molecule has 2 aliphatic rings. The lowest BCUT2D eigenvalue weighted by Gasteiger charge is -2.20. The van der Waals surface area contributed by atoms with Crippen LogP contribution < -0.4 is 10.1 Å². The van der Waals surface area contributed by atoms with Crippen molar-refractivity contribution in [2.45, 2.75) is 24.8 Å². The van der Waals surface area contributed by atoms with Crippen LogP contribution in [-0.2, 0) is 4.79 Å². The van der Waals surface area contributed by atoms with Crippen LogP contribution in [-0.4, -0.2) is 43.0 Å². The van der Waals surface area contributed by atoms with E-state index < -0.39 is 0 Å². The Morgan fingerprint density at radius 2 is 1.79 bits per heavy atom. The average molecular weight is 399 g/mol. The number of para-hydroxylation sites is 1. The third-order valence-corrected chi connectivity index (χ3v) is 5.75. The topological polar surface area (TPSA) is 58.6 Å². The molecule has 0 radical (unpaired) electrons. The Balaban J connectivity index is 1.61. The minimum atomic E-state index is -0.298. The number of nitrogens with zero attached hydrogens (tertiary/aromatic N) is 1. The van der Waals surface area contributed by atoms with Crippen LogP contribution in [0.3, 0.4) is 0 Å². The van der Waals surface area contributed by atoms with Gasteiger partial charge in [0.25, 0.3) is 5.91 Å². The van der Waals surface area contributed by atoms with Crippen LogP contribution in [0, 0.1) is 5.92 Å². The van der Waals surface area contributed by atoms with Crippen molar-refractivity contribution in [1.29, 1.82) is 0 Å². The number of hydrogen-bond acceptors (Lipinski definition) is 3. The third-order valence-electron chi connectivity index (χ3n) is 5.50. The van der Waals surface area contributed by atoms with Gasteiger partial charge in [-0.15, -0.1) is 0 Å². The summed E-state index contributed by atoms with van der Waals surface area (Å²) in [4.78, 5) is 27.7. The largest absolute Gasteiger partial charge is 0.496 e. The fraction of sp³-hybridized carbons (Fsp3) is 0.364. The van der Waals surface area contributed by atoms with Crippen LogP contribution in [0.15, 0.2) is 48.5 Å². The quantitative estimate of drug-likeness (QED) is 0.838. The lowest BCUT2D eigenvalue weighted by Crippen LogP contribution is -2.36. The maximum atomic E-state index is 13.0. The molecule has 4 rings (SSSR count). The summed E-state index contributed by atoms with van der Waals surface area (Å²) in [6.45, 7) is 0.868. The van der Waals surface area contributed by atoms with Gasteiger partial charge < -0.3 is 15.0 Å². The van der Waals surface area contributed by atoms with Crippen LogP contribution in [0.2, 0.25) is 5.02 Å². The molecule has 2 fully saturated rings. The smallest absolute Gasteiger partial charge is 0.253 e. The second kappa shape index (κ2) is 7.84. The number of carbonyl (C=O) groups excluding carboxylic acids is 2. The van der Waals surface area contributed by atoms with E-state index in [4.69, 9.17) is 16.3 Å². The number of nitrogens with one attached hydrogen (secondary N) is 1. The van der Waals surface area contributed by atoms with Gasteiger partial charge in [-0.25, -0.2) is 0 Å². The summed E-state index contributed by atoms with van der Waals surface area (Å²) in [5.41, 5.74) is 1.54. The highest BCUT2D eigenvalue weighted by Crippen LogP contribution is 2.38. The number of rotatable bonds is 5. The molecule has 0 unspecified atom stereocenters. The predicted octanol–water partition coefficient (Wildman–Crippen LogP) is 3.48. The van der Waals surface area contributed by atoms with Crippen LogP contribution >= 0.6 is 11.6 Å². The van der Waals surface area contributed by atoms with E-state index in [2.05, 4.69) is 5.32 Å². The molecule has 0 bridgehead atoms. The van der Waals surface area contributed by atoms with Gasteiger partial charge in [0.05, 0.1) is 13.0 Å². The van der Waals surface area contributed by atoms with E-state index in [0.29, 0.717) is 23.7 Å². The summed E-state index contributed by atoms with van der Waals surface area (Å²) in [5.74, 6) is 0.278. The number of ether oxygens (including phenoxy) is 1. The molecule has 2 aromatic carbocycles. The maximum absolute atomic E-state index is 13.0. The average Bonchev–Trinajstić information content (AvgIpc) is 3.41. The SMILES string of the molecule is COc1ccccc1[C@H]1CN(C(=O)c2ccc(Cl)cc2)C[C@@H]1C(=O)NC1CC1. The van der Waals surface area contributed by atoms with Gasteiger partial charge in [-0.05, 0) is 48.7 Å². The van der Waals surface area contributed by atoms with Gasteiger partial charge >= 0.3 is 0 Å². The van der Waals surface area contributed by atoms with Crippen molar-refractivity contribution in [3.05, 3.63) is 64.7 Å². The first kappa shape index (κ1) is 18.8. The Labute approximate surface area is 169 Å². The third kappa shape index (κ3) is 3.85. The first-order valence-electron chi connectivity index (χ1n) is 9.55. The number of benzene rings is 2. The normalized spacial score (nSPS) is 21.4. The zero-order valence-corrected chi connectivity index (χ0v) is 16.5. The molecule has 28 heavy (non-hydrogen) atoms.